The highest BCUT2D eigenvalue weighted by atomic mass is 35.5. The summed E-state index contributed by atoms with van der Waals surface area (Å²) in [6, 6.07) is 13.0. The van der Waals surface area contributed by atoms with Crippen LogP contribution in [0.25, 0.3) is 16.7 Å². The lowest BCUT2D eigenvalue weighted by molar-refractivity contribution is 0.0919. The zero-order chi connectivity index (χ0) is 28.2. The maximum Gasteiger partial charge on any atom is 0.333 e. The SMILES string of the molecule is Cc1ncc(Cl)cc1C(=O)NC1CCC(Cn2c(=O)n(-c3ccc(CCCC(F)F)nc3)c3ccccc32)CC1. The topological polar surface area (TPSA) is 81.8 Å². The van der Waals surface area contributed by atoms with Crippen molar-refractivity contribution in [3.63, 3.8) is 0 Å². The highest BCUT2D eigenvalue weighted by Crippen LogP contribution is 2.28. The normalized spacial score (nSPS) is 17.4. The lowest BCUT2D eigenvalue weighted by Gasteiger charge is -2.29. The minimum atomic E-state index is -2.31. The number of aromatic nitrogens is 4. The van der Waals surface area contributed by atoms with Gasteiger partial charge < -0.3 is 5.32 Å². The smallest absolute Gasteiger partial charge is 0.333 e. The first kappa shape index (κ1) is 28.0. The fourth-order valence-corrected chi connectivity index (χ4v) is 5.67. The van der Waals surface area contributed by atoms with Gasteiger partial charge in [-0.05, 0) is 81.7 Å². The van der Waals surface area contributed by atoms with Crippen LogP contribution in [0.4, 0.5) is 8.78 Å². The van der Waals surface area contributed by atoms with Crippen LogP contribution in [0.5, 0.6) is 0 Å². The Morgan fingerprint density at radius 3 is 2.52 bits per heavy atom. The molecule has 0 spiro atoms. The summed E-state index contributed by atoms with van der Waals surface area (Å²) in [6.45, 7) is 2.38. The Bertz CT molecular complexity index is 1540. The molecule has 0 aliphatic heterocycles. The average Bonchev–Trinajstić information content (AvgIpc) is 3.22. The minimum Gasteiger partial charge on any atom is -0.349 e. The zero-order valence-electron chi connectivity index (χ0n) is 22.3. The van der Waals surface area contributed by atoms with Crippen molar-refractivity contribution in [2.24, 2.45) is 5.92 Å². The van der Waals surface area contributed by atoms with E-state index in [4.69, 9.17) is 11.6 Å². The number of rotatable bonds is 9. The molecule has 3 heterocycles. The highest BCUT2D eigenvalue weighted by molar-refractivity contribution is 6.30. The van der Waals surface area contributed by atoms with Crippen molar-refractivity contribution >= 4 is 28.5 Å². The molecular weight excluding hydrogens is 536 g/mol. The van der Waals surface area contributed by atoms with Crippen molar-refractivity contribution in [1.82, 2.24) is 24.4 Å². The van der Waals surface area contributed by atoms with E-state index in [2.05, 4.69) is 15.3 Å². The number of halogens is 3. The number of para-hydroxylation sites is 2. The Kier molecular flexibility index (Phi) is 8.59. The molecule has 10 heteroatoms. The molecule has 1 N–H and O–H groups in total. The second-order valence-corrected chi connectivity index (χ2v) is 10.9. The van der Waals surface area contributed by atoms with Crippen LogP contribution in [0.1, 0.15) is 60.3 Å². The molecule has 1 aliphatic rings. The number of pyridine rings is 2. The van der Waals surface area contributed by atoms with Gasteiger partial charge in [0.25, 0.3) is 5.91 Å². The standard InChI is InChI=1S/C30H32ClF2N5O2/c1-19-25(15-21(31)16-34-19)29(39)36-23-11-9-20(10-12-23)18-37-26-6-2-3-7-27(26)38(30(37)40)24-14-13-22(35-17-24)5-4-8-28(32)33/h2-3,6-7,13-17,20,23,28H,4-5,8-12,18H2,1H3,(H,36,39). The Labute approximate surface area is 236 Å². The zero-order valence-corrected chi connectivity index (χ0v) is 23.1. The number of amides is 1. The molecule has 1 aliphatic carbocycles. The highest BCUT2D eigenvalue weighted by Gasteiger charge is 2.25. The summed E-state index contributed by atoms with van der Waals surface area (Å²) >= 11 is 6.03. The average molecular weight is 568 g/mol. The molecule has 1 aromatic carbocycles. The van der Waals surface area contributed by atoms with Crippen LogP contribution in [0.2, 0.25) is 5.02 Å². The molecule has 7 nitrogen and oxygen atoms in total. The van der Waals surface area contributed by atoms with E-state index in [9.17, 15) is 18.4 Å². The Morgan fingerprint density at radius 2 is 1.82 bits per heavy atom. The molecule has 0 unspecified atom stereocenters. The third-order valence-electron chi connectivity index (χ3n) is 7.68. The molecule has 1 fully saturated rings. The van der Waals surface area contributed by atoms with Gasteiger partial charge in [-0.1, -0.05) is 23.7 Å². The van der Waals surface area contributed by atoms with Crippen molar-refractivity contribution in [1.29, 1.82) is 0 Å². The van der Waals surface area contributed by atoms with Crippen LogP contribution >= 0.6 is 11.6 Å². The summed E-state index contributed by atoms with van der Waals surface area (Å²) in [5, 5.41) is 3.55. The van der Waals surface area contributed by atoms with Gasteiger partial charge in [0, 0.05) is 30.9 Å². The fourth-order valence-electron chi connectivity index (χ4n) is 5.52. The van der Waals surface area contributed by atoms with Gasteiger partial charge in [-0.2, -0.15) is 0 Å². The van der Waals surface area contributed by atoms with Gasteiger partial charge in [0.2, 0.25) is 6.43 Å². The number of nitrogens with zero attached hydrogens (tertiary/aromatic N) is 4. The maximum atomic E-state index is 13.7. The molecule has 5 rings (SSSR count). The first-order chi connectivity index (χ1) is 19.3. The summed E-state index contributed by atoms with van der Waals surface area (Å²) in [5.74, 6) is 0.138. The Balaban J connectivity index is 1.27. The quantitative estimate of drug-likeness (QED) is 0.264. The van der Waals surface area contributed by atoms with Gasteiger partial charge in [0.05, 0.1) is 39.2 Å². The molecule has 1 saturated carbocycles. The number of fused-ring (bicyclic) bond motifs is 1. The number of alkyl halides is 2. The Morgan fingerprint density at radius 1 is 1.07 bits per heavy atom. The predicted molar refractivity (Wildman–Crippen MR) is 151 cm³/mol. The molecule has 0 saturated heterocycles. The van der Waals surface area contributed by atoms with Crippen LogP contribution in [-0.4, -0.2) is 37.5 Å². The molecule has 3 aromatic heterocycles. The number of nitrogens with one attached hydrogen (secondary N) is 1. The van der Waals surface area contributed by atoms with E-state index in [1.165, 1.54) is 6.20 Å². The van der Waals surface area contributed by atoms with E-state index in [1.807, 2.05) is 34.9 Å². The predicted octanol–water partition coefficient (Wildman–Crippen LogP) is 6.12. The van der Waals surface area contributed by atoms with Crippen molar-refractivity contribution < 1.29 is 13.6 Å². The molecule has 40 heavy (non-hydrogen) atoms. The van der Waals surface area contributed by atoms with Gasteiger partial charge in [-0.15, -0.1) is 0 Å². The summed E-state index contributed by atoms with van der Waals surface area (Å²) in [4.78, 5) is 35.1. The van der Waals surface area contributed by atoms with E-state index < -0.39 is 6.43 Å². The summed E-state index contributed by atoms with van der Waals surface area (Å²) < 4.78 is 28.4. The molecule has 210 valence electrons. The Hall–Kier alpha value is -3.59. The van der Waals surface area contributed by atoms with E-state index >= 15 is 0 Å². The van der Waals surface area contributed by atoms with Crippen LogP contribution < -0.4 is 11.0 Å². The van der Waals surface area contributed by atoms with Crippen LogP contribution in [0.15, 0.2) is 59.7 Å². The van der Waals surface area contributed by atoms with Crippen LogP contribution in [-0.2, 0) is 13.0 Å². The minimum absolute atomic E-state index is 0.0606. The lowest BCUT2D eigenvalue weighted by atomic mass is 9.85. The van der Waals surface area contributed by atoms with Gasteiger partial charge in [-0.25, -0.2) is 13.6 Å². The number of benzene rings is 1. The number of hydrogen-bond acceptors (Lipinski definition) is 4. The van der Waals surface area contributed by atoms with E-state index in [-0.39, 0.29) is 24.1 Å². The van der Waals surface area contributed by atoms with E-state index in [1.54, 1.807) is 29.8 Å². The van der Waals surface area contributed by atoms with E-state index in [0.717, 1.165) is 42.4 Å². The third kappa shape index (κ3) is 6.25. The fraction of sp³-hybridized carbons (Fsp3) is 0.400. The van der Waals surface area contributed by atoms with Gasteiger partial charge in [0.15, 0.2) is 0 Å². The van der Waals surface area contributed by atoms with Crippen molar-refractivity contribution in [2.45, 2.75) is 70.9 Å². The first-order valence-corrected chi connectivity index (χ1v) is 14.0. The van der Waals surface area contributed by atoms with Crippen LogP contribution in [0, 0.1) is 12.8 Å². The lowest BCUT2D eigenvalue weighted by Crippen LogP contribution is -2.39. The van der Waals surface area contributed by atoms with Gasteiger partial charge >= 0.3 is 5.69 Å². The van der Waals surface area contributed by atoms with E-state index in [0.29, 0.717) is 47.3 Å². The van der Waals surface area contributed by atoms with Gasteiger partial charge in [0.1, 0.15) is 0 Å². The number of carbonyl (C=O) groups is 1. The monoisotopic (exact) mass is 567 g/mol. The molecule has 0 bridgehead atoms. The summed E-state index contributed by atoms with van der Waals surface area (Å²) in [6.07, 6.45) is 4.98. The molecule has 0 radical (unpaired) electrons. The molecule has 1 amide bonds. The molecule has 4 aromatic rings. The van der Waals surface area contributed by atoms with Crippen LogP contribution in [0.3, 0.4) is 0 Å². The number of aryl methyl sites for hydroxylation is 2. The van der Waals surface area contributed by atoms with Crippen molar-refractivity contribution in [2.75, 3.05) is 0 Å². The second kappa shape index (κ2) is 12.3. The third-order valence-corrected chi connectivity index (χ3v) is 7.89. The van der Waals surface area contributed by atoms with Crippen molar-refractivity contribution in [3.8, 4) is 5.69 Å². The molecule has 0 atom stereocenters. The van der Waals surface area contributed by atoms with Crippen molar-refractivity contribution in [3.05, 3.63) is 87.3 Å². The number of carbonyl (C=O) groups excluding carboxylic acids is 1. The second-order valence-electron chi connectivity index (χ2n) is 10.5. The summed E-state index contributed by atoms with van der Waals surface area (Å²) in [5.41, 5.74) is 4.03. The first-order valence-electron chi connectivity index (χ1n) is 13.7. The number of imidazole rings is 1. The largest absolute Gasteiger partial charge is 0.349 e. The number of hydrogen-bond donors (Lipinski definition) is 1. The summed E-state index contributed by atoms with van der Waals surface area (Å²) in [7, 11) is 0. The molecular formula is C30H32ClF2N5O2. The van der Waals surface area contributed by atoms with Gasteiger partial charge in [-0.3, -0.25) is 23.9 Å². The maximum absolute atomic E-state index is 13.7.